The van der Waals surface area contributed by atoms with Crippen LogP contribution in [0.25, 0.3) is 71.8 Å². The van der Waals surface area contributed by atoms with Crippen molar-refractivity contribution in [1.82, 2.24) is 9.13 Å². The fourth-order valence-corrected chi connectivity index (χ4v) is 7.39. The van der Waals surface area contributed by atoms with Crippen molar-refractivity contribution in [2.24, 2.45) is 4.99 Å². The molecule has 0 saturated heterocycles. The number of para-hydroxylation sites is 4. The summed E-state index contributed by atoms with van der Waals surface area (Å²) in [6, 6.07) is 60.8. The third-order valence-corrected chi connectivity index (χ3v) is 9.63. The standard InChI is InChI=1S/C46H33N3/c1-47-42(35-26-24-34(25-27-35)33-13-3-2-4-14-33)28-23-32-29-36(48-43-19-9-5-15-38(43)39-16-6-10-20-44(39)48)31-37(30-32)49-45-21-11-7-17-40(45)41-18-8-12-22-46(41)49/h2-22,24-31H,1,23H2/b42-28-. The minimum absolute atomic E-state index is 0.698. The van der Waals surface area contributed by atoms with Crippen molar-refractivity contribution < 1.29 is 0 Å². The van der Waals surface area contributed by atoms with E-state index in [0.717, 1.165) is 22.6 Å². The molecular weight excluding hydrogens is 595 g/mol. The zero-order valence-electron chi connectivity index (χ0n) is 27.0. The van der Waals surface area contributed by atoms with Gasteiger partial charge in [0.05, 0.1) is 27.8 Å². The van der Waals surface area contributed by atoms with Crippen LogP contribution in [0.4, 0.5) is 0 Å². The molecule has 0 amide bonds. The van der Waals surface area contributed by atoms with Gasteiger partial charge in [-0.25, -0.2) is 0 Å². The number of benzene rings is 7. The highest BCUT2D eigenvalue weighted by Gasteiger charge is 2.16. The van der Waals surface area contributed by atoms with Crippen LogP contribution in [0.15, 0.2) is 181 Å². The van der Waals surface area contributed by atoms with Gasteiger partial charge in [-0.3, -0.25) is 4.99 Å². The van der Waals surface area contributed by atoms with Gasteiger partial charge >= 0.3 is 0 Å². The second-order valence-electron chi connectivity index (χ2n) is 12.5. The van der Waals surface area contributed by atoms with Gasteiger partial charge in [-0.15, -0.1) is 0 Å². The number of hydrogen-bond acceptors (Lipinski definition) is 1. The highest BCUT2D eigenvalue weighted by atomic mass is 15.0. The van der Waals surface area contributed by atoms with Gasteiger partial charge in [-0.2, -0.15) is 0 Å². The summed E-state index contributed by atoms with van der Waals surface area (Å²) in [5.41, 5.74) is 12.5. The highest BCUT2D eigenvalue weighted by Crippen LogP contribution is 2.36. The predicted octanol–water partition coefficient (Wildman–Crippen LogP) is 11.8. The Morgan fingerprint density at radius 2 is 0.878 bits per heavy atom. The molecule has 49 heavy (non-hydrogen) atoms. The SMILES string of the molecule is C=N/C(=C\Cc1cc(-n2c3ccccc3c3ccccc32)cc(-n2c3ccccc3c3ccccc32)c1)c1ccc(-c2ccccc2)cc1. The molecule has 3 nitrogen and oxygen atoms in total. The van der Waals surface area contributed by atoms with Gasteiger partial charge in [0, 0.05) is 32.9 Å². The quantitative estimate of drug-likeness (QED) is 0.157. The van der Waals surface area contributed by atoms with Crippen LogP contribution in [0, 0.1) is 0 Å². The number of nitrogens with zero attached hydrogens (tertiary/aromatic N) is 3. The Morgan fingerprint density at radius 3 is 1.33 bits per heavy atom. The van der Waals surface area contributed by atoms with Crippen molar-refractivity contribution in [3.05, 3.63) is 187 Å². The predicted molar refractivity (Wildman–Crippen MR) is 208 cm³/mol. The first kappa shape index (κ1) is 28.7. The molecule has 7 aromatic carbocycles. The smallest absolute Gasteiger partial charge is 0.0658 e. The zero-order valence-corrected chi connectivity index (χ0v) is 27.0. The molecule has 0 unspecified atom stereocenters. The van der Waals surface area contributed by atoms with E-state index in [2.05, 4.69) is 191 Å². The van der Waals surface area contributed by atoms with Crippen LogP contribution in [0.1, 0.15) is 11.1 Å². The molecule has 0 N–H and O–H groups in total. The van der Waals surface area contributed by atoms with Gasteiger partial charge in [-0.05, 0) is 77.9 Å². The van der Waals surface area contributed by atoms with Crippen molar-refractivity contribution in [2.75, 3.05) is 0 Å². The van der Waals surface area contributed by atoms with E-state index in [1.54, 1.807) is 0 Å². The molecule has 232 valence electrons. The van der Waals surface area contributed by atoms with E-state index in [0.29, 0.717) is 6.42 Å². The Balaban J connectivity index is 1.22. The lowest BCUT2D eigenvalue weighted by Gasteiger charge is -2.15. The molecule has 0 saturated carbocycles. The zero-order chi connectivity index (χ0) is 32.7. The molecule has 0 aliphatic rings. The van der Waals surface area contributed by atoms with Gasteiger partial charge in [-0.1, -0.05) is 133 Å². The molecule has 0 spiro atoms. The summed E-state index contributed by atoms with van der Waals surface area (Å²) in [6.45, 7) is 3.96. The minimum Gasteiger partial charge on any atom is -0.309 e. The number of rotatable bonds is 7. The van der Waals surface area contributed by atoms with E-state index < -0.39 is 0 Å². The molecule has 0 aliphatic carbocycles. The van der Waals surface area contributed by atoms with Crippen LogP contribution in [0.2, 0.25) is 0 Å². The summed E-state index contributed by atoms with van der Waals surface area (Å²) >= 11 is 0. The summed E-state index contributed by atoms with van der Waals surface area (Å²) in [4.78, 5) is 4.48. The number of fused-ring (bicyclic) bond motifs is 6. The maximum atomic E-state index is 4.48. The molecule has 9 aromatic rings. The van der Waals surface area contributed by atoms with Gasteiger partial charge in [0.1, 0.15) is 0 Å². The Labute approximate surface area is 285 Å². The summed E-state index contributed by atoms with van der Waals surface area (Å²) < 4.78 is 4.81. The molecule has 9 rings (SSSR count). The summed E-state index contributed by atoms with van der Waals surface area (Å²) in [7, 11) is 0. The lowest BCUT2D eigenvalue weighted by atomic mass is 10.0. The molecule has 2 aromatic heterocycles. The third kappa shape index (κ3) is 4.95. The molecule has 0 bridgehead atoms. The topological polar surface area (TPSA) is 22.2 Å². The normalized spacial score (nSPS) is 12.0. The molecular formula is C46H33N3. The second kappa shape index (κ2) is 12.0. The number of aromatic nitrogens is 2. The van der Waals surface area contributed by atoms with Crippen LogP contribution < -0.4 is 0 Å². The van der Waals surface area contributed by atoms with Crippen molar-refractivity contribution in [2.45, 2.75) is 6.42 Å². The lowest BCUT2D eigenvalue weighted by Crippen LogP contribution is -2.01. The van der Waals surface area contributed by atoms with E-state index >= 15 is 0 Å². The van der Waals surface area contributed by atoms with Crippen molar-refractivity contribution in [3.63, 3.8) is 0 Å². The van der Waals surface area contributed by atoms with E-state index in [-0.39, 0.29) is 0 Å². The van der Waals surface area contributed by atoms with Gasteiger partial charge in [0.25, 0.3) is 0 Å². The Hall–Kier alpha value is -6.45. The fraction of sp³-hybridized carbons (Fsp3) is 0.0217. The Kier molecular flexibility index (Phi) is 7.02. The van der Waals surface area contributed by atoms with Crippen LogP contribution >= 0.6 is 0 Å². The second-order valence-corrected chi connectivity index (χ2v) is 12.5. The lowest BCUT2D eigenvalue weighted by molar-refractivity contribution is 1.11. The molecule has 0 radical (unpaired) electrons. The van der Waals surface area contributed by atoms with Crippen LogP contribution in [-0.2, 0) is 6.42 Å². The Morgan fingerprint density at radius 1 is 0.469 bits per heavy atom. The van der Waals surface area contributed by atoms with E-state index in [1.165, 1.54) is 60.3 Å². The average molecular weight is 628 g/mol. The van der Waals surface area contributed by atoms with Gasteiger partial charge in [0.2, 0.25) is 0 Å². The average Bonchev–Trinajstić information content (AvgIpc) is 3.69. The molecule has 2 heterocycles. The summed E-state index contributed by atoms with van der Waals surface area (Å²) in [5, 5.41) is 5.00. The third-order valence-electron chi connectivity index (χ3n) is 9.63. The summed E-state index contributed by atoms with van der Waals surface area (Å²) in [6.07, 6.45) is 2.90. The largest absolute Gasteiger partial charge is 0.309 e. The molecule has 0 aliphatic heterocycles. The van der Waals surface area contributed by atoms with Gasteiger partial charge in [0.15, 0.2) is 0 Å². The van der Waals surface area contributed by atoms with Crippen molar-refractivity contribution >= 4 is 56.0 Å². The number of aliphatic imine (C=N–C) groups is 1. The monoisotopic (exact) mass is 627 g/mol. The maximum absolute atomic E-state index is 4.48. The molecule has 0 atom stereocenters. The fourth-order valence-electron chi connectivity index (χ4n) is 7.39. The minimum atomic E-state index is 0.698. The first-order valence-corrected chi connectivity index (χ1v) is 16.7. The number of allylic oxidation sites excluding steroid dienone is 1. The first-order chi connectivity index (χ1) is 24.3. The number of hydrogen-bond donors (Lipinski definition) is 0. The van der Waals surface area contributed by atoms with Crippen molar-refractivity contribution in [3.8, 4) is 22.5 Å². The first-order valence-electron chi connectivity index (χ1n) is 16.7. The highest BCUT2D eigenvalue weighted by molar-refractivity contribution is 6.10. The van der Waals surface area contributed by atoms with E-state index in [4.69, 9.17) is 0 Å². The van der Waals surface area contributed by atoms with Crippen LogP contribution in [-0.4, -0.2) is 15.9 Å². The maximum Gasteiger partial charge on any atom is 0.0658 e. The summed E-state index contributed by atoms with van der Waals surface area (Å²) in [5.74, 6) is 0. The van der Waals surface area contributed by atoms with Crippen LogP contribution in [0.5, 0.6) is 0 Å². The van der Waals surface area contributed by atoms with Crippen molar-refractivity contribution in [1.29, 1.82) is 0 Å². The van der Waals surface area contributed by atoms with Crippen LogP contribution in [0.3, 0.4) is 0 Å². The van der Waals surface area contributed by atoms with Gasteiger partial charge < -0.3 is 9.13 Å². The molecule has 3 heteroatoms. The van der Waals surface area contributed by atoms with E-state index in [1.807, 2.05) is 6.07 Å². The Bertz CT molecular complexity index is 2450. The van der Waals surface area contributed by atoms with E-state index in [9.17, 15) is 0 Å². The molecule has 0 fully saturated rings.